The van der Waals surface area contributed by atoms with Crippen LogP contribution in [0.15, 0.2) is 23.1 Å². The van der Waals surface area contributed by atoms with Crippen molar-refractivity contribution in [2.24, 2.45) is 0 Å². The van der Waals surface area contributed by atoms with Gasteiger partial charge >= 0.3 is 0 Å². The number of hydrogen-bond acceptors (Lipinski definition) is 0. The van der Waals surface area contributed by atoms with E-state index in [4.69, 9.17) is 0 Å². The van der Waals surface area contributed by atoms with Crippen molar-refractivity contribution >= 4 is 24.1 Å². The van der Waals surface area contributed by atoms with Crippen molar-refractivity contribution in [3.05, 3.63) is 86.5 Å². The van der Waals surface area contributed by atoms with E-state index < -0.39 is 116 Å². The van der Waals surface area contributed by atoms with Gasteiger partial charge < -0.3 is 0 Å². The van der Waals surface area contributed by atoms with E-state index in [0.717, 1.165) is 0 Å². The zero-order valence-corrected chi connectivity index (χ0v) is 15.5. The Kier molecular flexibility index (Phi) is 5.18. The minimum absolute atomic E-state index is 1.94. The second-order valence-corrected chi connectivity index (χ2v) is 7.04. The number of fused-ring (bicyclic) bond motifs is 3. The van der Waals surface area contributed by atoms with E-state index in [1.165, 1.54) is 0 Å². The van der Waals surface area contributed by atoms with Crippen LogP contribution >= 0.6 is 0 Å². The molecule has 0 nitrogen and oxygen atoms in total. The van der Waals surface area contributed by atoms with Gasteiger partial charge in [-0.1, -0.05) is 0 Å². The Morgan fingerprint density at radius 1 is 0.441 bits per heavy atom. The summed E-state index contributed by atoms with van der Waals surface area (Å²) >= 11 is 0. The summed E-state index contributed by atoms with van der Waals surface area (Å²) in [5.41, 5.74) is -15.1. The van der Waals surface area contributed by atoms with Crippen molar-refractivity contribution in [3.8, 4) is 0 Å². The number of allylic oxidation sites excluding steroid dienone is 5. The smallest absolute Gasteiger partial charge is 0.226 e. The highest BCUT2D eigenvalue weighted by molar-refractivity contribution is 6.59. The Morgan fingerprint density at radius 3 is 1.35 bits per heavy atom. The van der Waals surface area contributed by atoms with Crippen LogP contribution in [0.1, 0.15) is 11.1 Å². The molecule has 178 valence electrons. The Labute approximate surface area is 178 Å². The predicted molar refractivity (Wildman–Crippen MR) is 88.4 cm³/mol. The monoisotopic (exact) mass is 506 g/mol. The first-order chi connectivity index (χ1) is 15.7. The van der Waals surface area contributed by atoms with Gasteiger partial charge in [0.05, 0.1) is 5.56 Å². The number of alkyl halides is 1. The van der Waals surface area contributed by atoms with E-state index in [9.17, 15) is 57.1 Å². The molecule has 0 saturated heterocycles. The van der Waals surface area contributed by atoms with E-state index in [2.05, 4.69) is 0 Å². The highest BCUT2D eigenvalue weighted by atomic mass is 19.2. The fourth-order valence-corrected chi connectivity index (χ4v) is 3.73. The van der Waals surface area contributed by atoms with Crippen LogP contribution in [0, 0.1) is 52.4 Å². The molecule has 0 spiro atoms. The van der Waals surface area contributed by atoms with Gasteiger partial charge in [0.1, 0.15) is 5.83 Å². The van der Waals surface area contributed by atoms with E-state index in [0.29, 0.717) is 0 Å². The van der Waals surface area contributed by atoms with Crippen LogP contribution in [-0.2, 0) is 0 Å². The lowest BCUT2D eigenvalue weighted by Crippen LogP contribution is -2.46. The molecule has 0 amide bonds. The van der Waals surface area contributed by atoms with Crippen molar-refractivity contribution in [1.82, 2.24) is 0 Å². The first-order valence-corrected chi connectivity index (χ1v) is 8.60. The maximum atomic E-state index is 15.8. The van der Waals surface area contributed by atoms with Gasteiger partial charge in [0.25, 0.3) is 0 Å². The largest absolute Gasteiger partial charge is 0.240 e. The van der Waals surface area contributed by atoms with Crippen LogP contribution in [-0.4, -0.2) is 12.8 Å². The molecule has 34 heavy (non-hydrogen) atoms. The number of rotatable bonds is 2. The molecule has 0 bridgehead atoms. The zero-order chi connectivity index (χ0) is 25.6. The molecule has 1 atom stereocenters. The molecule has 0 radical (unpaired) electrons. The topological polar surface area (TPSA) is 0 Å². The zero-order valence-electron chi connectivity index (χ0n) is 15.5. The highest BCUT2D eigenvalue weighted by Crippen LogP contribution is 2.57. The molecule has 0 fully saturated rings. The lowest BCUT2D eigenvalue weighted by atomic mass is 9.51. The Balaban J connectivity index is 2.08. The summed E-state index contributed by atoms with van der Waals surface area (Å²) < 4.78 is 198. The van der Waals surface area contributed by atoms with Crippen molar-refractivity contribution < 1.29 is 61.5 Å². The van der Waals surface area contributed by atoms with Gasteiger partial charge in [-0.2, -0.15) is 0 Å². The normalized spacial score (nSPS) is 19.8. The van der Waals surface area contributed by atoms with Crippen molar-refractivity contribution in [1.29, 1.82) is 0 Å². The lowest BCUT2D eigenvalue weighted by Gasteiger charge is -2.30. The summed E-state index contributed by atoms with van der Waals surface area (Å²) in [7, 11) is -2.46. The van der Waals surface area contributed by atoms with E-state index in [-0.39, 0.29) is 0 Å². The van der Waals surface area contributed by atoms with Gasteiger partial charge in [0.2, 0.25) is 7.28 Å². The molecule has 2 aliphatic rings. The lowest BCUT2D eigenvalue weighted by molar-refractivity contribution is 0.298. The quantitative estimate of drug-likeness (QED) is 0.206. The van der Waals surface area contributed by atoms with Gasteiger partial charge in [0.15, 0.2) is 75.4 Å². The van der Waals surface area contributed by atoms with Gasteiger partial charge in [0, 0.05) is 16.7 Å². The highest BCUT2D eigenvalue weighted by Gasteiger charge is 2.56. The van der Waals surface area contributed by atoms with E-state index in [1.54, 1.807) is 0 Å². The van der Waals surface area contributed by atoms with Crippen LogP contribution < -0.4 is 5.46 Å². The van der Waals surface area contributed by atoms with E-state index >= 15 is 4.39 Å². The number of benzene rings is 2. The van der Waals surface area contributed by atoms with Crippen LogP contribution in [0.25, 0.3) is 11.4 Å². The average Bonchev–Trinajstić information content (AvgIpc) is 3.12. The summed E-state index contributed by atoms with van der Waals surface area (Å²) in [6.45, 7) is 0. The van der Waals surface area contributed by atoms with Crippen LogP contribution in [0.4, 0.5) is 61.5 Å². The maximum absolute atomic E-state index is 15.8. The minimum Gasteiger partial charge on any atom is -0.240 e. The third kappa shape index (κ3) is 2.75. The first-order valence-electron chi connectivity index (χ1n) is 8.60. The first kappa shape index (κ1) is 23.9. The molecule has 2 aliphatic carbocycles. The number of halogens is 14. The molecule has 2 aromatic carbocycles. The molecule has 0 aliphatic heterocycles. The second kappa shape index (κ2) is 7.37. The summed E-state index contributed by atoms with van der Waals surface area (Å²) in [6.07, 6.45) is 0. The SMILES string of the molecule is FC1=C2C(=C(F)c3c(F)c(F)c(F)c(F)c32)C(F)(Bc2c(F)c(F)c(F)c(F)c2F)C(F)=C1F. The molecule has 4 rings (SSSR count). The van der Waals surface area contributed by atoms with Gasteiger partial charge in [-0.15, -0.1) is 0 Å². The van der Waals surface area contributed by atoms with Gasteiger partial charge in [-0.05, 0) is 5.46 Å². The van der Waals surface area contributed by atoms with Crippen molar-refractivity contribution in [3.63, 3.8) is 0 Å². The molecule has 0 N–H and O–H groups in total. The van der Waals surface area contributed by atoms with Crippen LogP contribution in [0.2, 0.25) is 0 Å². The van der Waals surface area contributed by atoms with Crippen LogP contribution in [0.5, 0.6) is 0 Å². The van der Waals surface area contributed by atoms with E-state index in [1.807, 2.05) is 0 Å². The summed E-state index contributed by atoms with van der Waals surface area (Å²) in [5, 5.41) is 0. The molecule has 2 aromatic rings. The maximum Gasteiger partial charge on any atom is 0.226 e. The fourth-order valence-electron chi connectivity index (χ4n) is 3.73. The second-order valence-electron chi connectivity index (χ2n) is 7.04. The molecule has 0 aromatic heterocycles. The summed E-state index contributed by atoms with van der Waals surface area (Å²) in [5.74, 6) is -35.3. The molecular weight excluding hydrogens is 505 g/mol. The third-order valence-electron chi connectivity index (χ3n) is 5.28. The van der Waals surface area contributed by atoms with Crippen molar-refractivity contribution in [2.75, 3.05) is 0 Å². The molecular formula is C19HBF14. The minimum atomic E-state index is -4.69. The third-order valence-corrected chi connectivity index (χ3v) is 5.28. The van der Waals surface area contributed by atoms with Gasteiger partial charge in [-0.25, -0.2) is 61.5 Å². The standard InChI is InChI=1S/C19HBF14/c21-6-3-1(7(22)12(27)13(28)9(3)24)2-4(6)19(34,18(33)17(32)8(2)23)20-5-10(25)14(29)16(31)15(30)11(5)26/h20H. The van der Waals surface area contributed by atoms with Gasteiger partial charge in [-0.3, -0.25) is 0 Å². The Hall–Kier alpha value is -3.26. The number of hydrogen-bond donors (Lipinski definition) is 0. The molecule has 15 heteroatoms. The Bertz CT molecular complexity index is 1390. The molecule has 1 unspecified atom stereocenters. The summed E-state index contributed by atoms with van der Waals surface area (Å²) in [4.78, 5) is 0. The van der Waals surface area contributed by atoms with Crippen LogP contribution in [0.3, 0.4) is 0 Å². The molecule has 0 saturated carbocycles. The Morgan fingerprint density at radius 2 is 0.853 bits per heavy atom. The predicted octanol–water partition coefficient (Wildman–Crippen LogP) is 5.91. The van der Waals surface area contributed by atoms with Crippen molar-refractivity contribution in [2.45, 2.75) is 5.57 Å². The fraction of sp³-hybridized carbons (Fsp3) is 0.0526. The summed E-state index contributed by atoms with van der Waals surface area (Å²) in [6, 6.07) is 0. The average molecular weight is 506 g/mol. The molecule has 0 heterocycles.